The van der Waals surface area contributed by atoms with Crippen LogP contribution >= 0.6 is 22.6 Å². The Kier molecular flexibility index (Phi) is 6.21. The molecule has 2 aromatic carbocycles. The lowest BCUT2D eigenvalue weighted by atomic mass is 9.96. The van der Waals surface area contributed by atoms with Crippen molar-refractivity contribution in [1.29, 1.82) is 5.26 Å². The number of halogens is 2. The Hall–Kier alpha value is -3.26. The molecule has 0 aliphatic heterocycles. The molecule has 5 rings (SSSR count). The molecule has 0 saturated heterocycles. The van der Waals surface area contributed by atoms with Crippen LogP contribution in [0.5, 0.6) is 0 Å². The predicted molar refractivity (Wildman–Crippen MR) is 147 cm³/mol. The van der Waals surface area contributed by atoms with Gasteiger partial charge in [-0.25, -0.2) is 9.07 Å². The van der Waals surface area contributed by atoms with Gasteiger partial charge < -0.3 is 10.6 Å². The topological polar surface area (TPSA) is 91.5 Å². The Balaban J connectivity index is 1.62. The maximum atomic E-state index is 13.8. The third kappa shape index (κ3) is 5.28. The number of nitriles is 1. The molecular weight excluding hydrogens is 568 g/mol. The molecule has 1 atom stereocenters. The minimum atomic E-state index is -1.53. The summed E-state index contributed by atoms with van der Waals surface area (Å²) in [6.45, 7) is 7.03. The van der Waals surface area contributed by atoms with Gasteiger partial charge in [0.25, 0.3) is 0 Å². The van der Waals surface area contributed by atoms with E-state index in [-0.39, 0.29) is 11.2 Å². The highest BCUT2D eigenvalue weighted by Crippen LogP contribution is 2.37. The molecule has 1 fully saturated rings. The zero-order valence-electron chi connectivity index (χ0n) is 21.3. The summed E-state index contributed by atoms with van der Waals surface area (Å²) in [6.07, 6.45) is 5.46. The highest BCUT2D eigenvalue weighted by atomic mass is 127. The van der Waals surface area contributed by atoms with Crippen molar-refractivity contribution in [2.45, 2.75) is 45.7 Å². The summed E-state index contributed by atoms with van der Waals surface area (Å²) in [6, 6.07) is 10.7. The molecule has 0 bridgehead atoms. The van der Waals surface area contributed by atoms with Crippen molar-refractivity contribution < 1.29 is 5.76 Å². The summed E-state index contributed by atoms with van der Waals surface area (Å²) in [5.74, 6) is -0.377. The second kappa shape index (κ2) is 9.65. The van der Waals surface area contributed by atoms with E-state index in [1.54, 1.807) is 29.2 Å². The smallest absolute Gasteiger partial charge is 0.123 e. The van der Waals surface area contributed by atoms with Crippen LogP contribution in [-0.2, 0) is 0 Å². The Morgan fingerprint density at radius 1 is 1.28 bits per heavy atom. The number of rotatable bonds is 7. The normalized spacial score (nSPS) is 15.7. The first-order chi connectivity index (χ1) is 17.6. The van der Waals surface area contributed by atoms with Crippen LogP contribution in [-0.4, -0.2) is 26.5 Å². The summed E-state index contributed by atoms with van der Waals surface area (Å²) >= 11 is 2.22. The number of fused-ring (bicyclic) bond motifs is 1. The SMILES string of the molecule is [2H]C(Nc1cc(I)c2ncc(C#N)c(NCC(C)(C)C)c2c1)(c1ccc(F)cc1)c1cn(C2CC2)nn1. The standard InChI is InChI=1S/C27H27FIN7/c1-27(2,3)15-32-24-17(12-30)13-31-26-21(24)10-19(11-22(26)29)33-25(16-4-6-18(28)7-5-16)23-14-36(35-34-23)20-8-9-20/h4-7,10-11,13-14,20,25,33H,8-9,15H2,1-3H3,(H,31,32)/i25D. The van der Waals surface area contributed by atoms with Crippen LogP contribution < -0.4 is 10.6 Å². The molecule has 4 aromatic rings. The summed E-state index contributed by atoms with van der Waals surface area (Å²) < 4.78 is 26.0. The lowest BCUT2D eigenvalue weighted by molar-refractivity contribution is 0.443. The number of pyridine rings is 1. The van der Waals surface area contributed by atoms with E-state index in [1.807, 2.05) is 12.1 Å². The van der Waals surface area contributed by atoms with Gasteiger partial charge >= 0.3 is 0 Å². The number of hydrogen-bond donors (Lipinski definition) is 2. The Labute approximate surface area is 224 Å². The molecular formula is C27H27FIN7. The largest absolute Gasteiger partial charge is 0.383 e. The van der Waals surface area contributed by atoms with Gasteiger partial charge in [0.2, 0.25) is 0 Å². The third-order valence-electron chi connectivity index (χ3n) is 5.93. The molecule has 0 radical (unpaired) electrons. The van der Waals surface area contributed by atoms with E-state index in [2.05, 4.69) is 75.4 Å². The van der Waals surface area contributed by atoms with Crippen molar-refractivity contribution in [1.82, 2.24) is 20.0 Å². The molecule has 184 valence electrons. The van der Waals surface area contributed by atoms with Crippen molar-refractivity contribution in [2.24, 2.45) is 5.41 Å². The molecule has 0 amide bonds. The van der Waals surface area contributed by atoms with Gasteiger partial charge in [-0.15, -0.1) is 5.10 Å². The van der Waals surface area contributed by atoms with Gasteiger partial charge in [-0.3, -0.25) is 4.98 Å². The van der Waals surface area contributed by atoms with E-state index >= 15 is 0 Å². The molecule has 1 saturated carbocycles. The molecule has 1 aliphatic carbocycles. The minimum Gasteiger partial charge on any atom is -0.383 e. The summed E-state index contributed by atoms with van der Waals surface area (Å²) in [5, 5.41) is 25.9. The van der Waals surface area contributed by atoms with Gasteiger partial charge in [0, 0.05) is 27.4 Å². The monoisotopic (exact) mass is 596 g/mol. The van der Waals surface area contributed by atoms with Crippen LogP contribution in [0.15, 0.2) is 48.8 Å². The van der Waals surface area contributed by atoms with E-state index in [0.29, 0.717) is 40.8 Å². The lowest BCUT2D eigenvalue weighted by Crippen LogP contribution is -2.20. The van der Waals surface area contributed by atoms with Crippen LogP contribution in [0.4, 0.5) is 15.8 Å². The first kappa shape index (κ1) is 23.2. The maximum absolute atomic E-state index is 13.8. The number of aromatic nitrogens is 4. The van der Waals surface area contributed by atoms with E-state index in [9.17, 15) is 11.0 Å². The fourth-order valence-corrected chi connectivity index (χ4v) is 4.68. The van der Waals surface area contributed by atoms with Gasteiger partial charge in [-0.05, 0) is 70.7 Å². The molecule has 1 aliphatic rings. The van der Waals surface area contributed by atoms with Gasteiger partial charge in [-0.2, -0.15) is 5.26 Å². The summed E-state index contributed by atoms with van der Waals surface area (Å²) in [4.78, 5) is 4.54. The highest BCUT2D eigenvalue weighted by molar-refractivity contribution is 14.1. The summed E-state index contributed by atoms with van der Waals surface area (Å²) in [5.41, 5.74) is 3.51. The fourth-order valence-electron chi connectivity index (χ4n) is 3.91. The molecule has 2 heterocycles. The van der Waals surface area contributed by atoms with Crippen molar-refractivity contribution in [3.8, 4) is 6.07 Å². The van der Waals surface area contributed by atoms with Crippen molar-refractivity contribution in [3.63, 3.8) is 0 Å². The number of hydrogen-bond acceptors (Lipinski definition) is 6. The van der Waals surface area contributed by atoms with Crippen molar-refractivity contribution in [2.75, 3.05) is 17.2 Å². The van der Waals surface area contributed by atoms with E-state index < -0.39 is 6.02 Å². The Morgan fingerprint density at radius 3 is 2.69 bits per heavy atom. The number of anilines is 2. The molecule has 0 spiro atoms. The Bertz CT molecular complexity index is 1500. The molecule has 2 aromatic heterocycles. The third-order valence-corrected chi connectivity index (χ3v) is 6.75. The van der Waals surface area contributed by atoms with E-state index in [4.69, 9.17) is 0 Å². The number of benzene rings is 2. The summed E-state index contributed by atoms with van der Waals surface area (Å²) in [7, 11) is 0. The van der Waals surface area contributed by atoms with E-state index in [0.717, 1.165) is 27.3 Å². The zero-order valence-corrected chi connectivity index (χ0v) is 22.5. The molecule has 36 heavy (non-hydrogen) atoms. The van der Waals surface area contributed by atoms with Crippen LogP contribution in [0.2, 0.25) is 0 Å². The molecule has 9 heteroatoms. The number of nitrogens with zero attached hydrogens (tertiary/aromatic N) is 5. The van der Waals surface area contributed by atoms with E-state index in [1.165, 1.54) is 12.1 Å². The number of nitrogens with one attached hydrogen (secondary N) is 2. The van der Waals surface area contributed by atoms with Gasteiger partial charge in [0.05, 0.1) is 36.4 Å². The fraction of sp³-hybridized carbons (Fsp3) is 0.333. The van der Waals surface area contributed by atoms with Crippen LogP contribution in [0.1, 0.15) is 63.9 Å². The van der Waals surface area contributed by atoms with Gasteiger partial charge in [-0.1, -0.05) is 38.1 Å². The quantitative estimate of drug-likeness (QED) is 0.239. The van der Waals surface area contributed by atoms with Crippen LogP contribution in [0, 0.1) is 26.1 Å². The maximum Gasteiger partial charge on any atom is 0.123 e. The second-order valence-corrected chi connectivity index (χ2v) is 11.4. The van der Waals surface area contributed by atoms with Crippen LogP contribution in [0.3, 0.4) is 0 Å². The molecule has 2 N–H and O–H groups in total. The zero-order chi connectivity index (χ0) is 26.4. The first-order valence-corrected chi connectivity index (χ1v) is 12.9. The predicted octanol–water partition coefficient (Wildman–Crippen LogP) is 6.44. The first-order valence-electron chi connectivity index (χ1n) is 12.3. The van der Waals surface area contributed by atoms with Crippen molar-refractivity contribution in [3.05, 3.63) is 75.0 Å². The molecule has 1 unspecified atom stereocenters. The Morgan fingerprint density at radius 2 is 2.03 bits per heavy atom. The average molecular weight is 596 g/mol. The lowest BCUT2D eigenvalue weighted by Gasteiger charge is -2.22. The van der Waals surface area contributed by atoms with Gasteiger partial charge in [0.15, 0.2) is 0 Å². The molecule has 7 nitrogen and oxygen atoms in total. The second-order valence-electron chi connectivity index (χ2n) is 10.2. The minimum absolute atomic E-state index is 0.00235. The van der Waals surface area contributed by atoms with Crippen molar-refractivity contribution >= 4 is 44.9 Å². The highest BCUT2D eigenvalue weighted by Gasteiger charge is 2.27. The van der Waals surface area contributed by atoms with Crippen LogP contribution in [0.25, 0.3) is 10.9 Å². The average Bonchev–Trinajstić information content (AvgIpc) is 3.58. The van der Waals surface area contributed by atoms with Gasteiger partial charge in [0.1, 0.15) is 17.6 Å².